The second-order valence-corrected chi connectivity index (χ2v) is 7.74. The highest BCUT2D eigenvalue weighted by Crippen LogP contribution is 2.48. The van der Waals surface area contributed by atoms with Crippen molar-refractivity contribution in [1.29, 1.82) is 0 Å². The summed E-state index contributed by atoms with van der Waals surface area (Å²) in [5, 5.41) is 18.3. The minimum absolute atomic E-state index is 0.173. The molecule has 0 amide bonds. The molecule has 0 aromatic heterocycles. The molecule has 1 atom stereocenters. The standard InChI is InChI=1S/C12H24O2S2/c1-11(14)5-2-6-12(7-3-8-13)15-9-4-10-16-12/h11,13-14H,2-10H2,1H3. The lowest BCUT2D eigenvalue weighted by atomic mass is 10.1. The smallest absolute Gasteiger partial charge is 0.0612 e. The molecule has 2 N–H and O–H groups in total. The van der Waals surface area contributed by atoms with E-state index < -0.39 is 0 Å². The van der Waals surface area contributed by atoms with E-state index in [0.717, 1.165) is 25.7 Å². The van der Waals surface area contributed by atoms with E-state index in [1.54, 1.807) is 0 Å². The quantitative estimate of drug-likeness (QED) is 0.742. The number of rotatable bonds is 7. The van der Waals surface area contributed by atoms with Crippen molar-refractivity contribution in [1.82, 2.24) is 0 Å². The van der Waals surface area contributed by atoms with Gasteiger partial charge in [-0.05, 0) is 57.0 Å². The fourth-order valence-corrected chi connectivity index (χ4v) is 5.54. The topological polar surface area (TPSA) is 40.5 Å². The molecule has 1 rings (SSSR count). The van der Waals surface area contributed by atoms with Gasteiger partial charge in [0.1, 0.15) is 0 Å². The maximum atomic E-state index is 9.29. The number of hydrogen-bond donors (Lipinski definition) is 2. The number of thioether (sulfide) groups is 2. The maximum Gasteiger partial charge on any atom is 0.0612 e. The van der Waals surface area contributed by atoms with Crippen molar-refractivity contribution in [3.8, 4) is 0 Å². The van der Waals surface area contributed by atoms with Crippen LogP contribution in [0.25, 0.3) is 0 Å². The summed E-state index contributed by atoms with van der Waals surface area (Å²) in [5.74, 6) is 2.51. The Bertz CT molecular complexity index is 180. The Labute approximate surface area is 108 Å². The van der Waals surface area contributed by atoms with Gasteiger partial charge in [0.25, 0.3) is 0 Å². The van der Waals surface area contributed by atoms with Gasteiger partial charge >= 0.3 is 0 Å². The van der Waals surface area contributed by atoms with Crippen LogP contribution in [0.3, 0.4) is 0 Å². The predicted molar refractivity (Wildman–Crippen MR) is 74.1 cm³/mol. The summed E-state index contributed by atoms with van der Waals surface area (Å²) in [4.78, 5) is 0. The summed E-state index contributed by atoms with van der Waals surface area (Å²) in [6.07, 6.45) is 6.34. The van der Waals surface area contributed by atoms with Crippen LogP contribution in [0.4, 0.5) is 0 Å². The normalized spacial score (nSPS) is 21.9. The molecule has 0 radical (unpaired) electrons. The predicted octanol–water partition coefficient (Wildman–Crippen LogP) is 2.88. The van der Waals surface area contributed by atoms with Gasteiger partial charge in [-0.1, -0.05) is 0 Å². The molecular weight excluding hydrogens is 240 g/mol. The van der Waals surface area contributed by atoms with Crippen molar-refractivity contribution in [2.75, 3.05) is 18.1 Å². The third kappa shape index (κ3) is 5.30. The molecule has 0 aliphatic carbocycles. The Balaban J connectivity index is 2.36. The highest BCUT2D eigenvalue weighted by Gasteiger charge is 2.32. The highest BCUT2D eigenvalue weighted by atomic mass is 32.2. The molecule has 4 heteroatoms. The Morgan fingerprint density at radius 1 is 1.19 bits per heavy atom. The van der Waals surface area contributed by atoms with Gasteiger partial charge < -0.3 is 10.2 Å². The minimum Gasteiger partial charge on any atom is -0.396 e. The molecule has 1 aliphatic rings. The van der Waals surface area contributed by atoms with Crippen LogP contribution in [0, 0.1) is 0 Å². The molecule has 0 saturated carbocycles. The Hall–Kier alpha value is 0.620. The Kier molecular flexibility index (Phi) is 7.20. The molecule has 1 unspecified atom stereocenters. The van der Waals surface area contributed by atoms with Crippen LogP contribution in [0.1, 0.15) is 45.4 Å². The number of aliphatic hydroxyl groups is 2. The van der Waals surface area contributed by atoms with Crippen LogP contribution in [0.15, 0.2) is 0 Å². The lowest BCUT2D eigenvalue weighted by Crippen LogP contribution is -2.26. The fraction of sp³-hybridized carbons (Fsp3) is 1.00. The maximum absolute atomic E-state index is 9.29. The largest absolute Gasteiger partial charge is 0.396 e. The summed E-state index contributed by atoms with van der Waals surface area (Å²) in [6.45, 7) is 2.17. The Morgan fingerprint density at radius 2 is 1.81 bits per heavy atom. The lowest BCUT2D eigenvalue weighted by Gasteiger charge is -2.36. The molecule has 1 fully saturated rings. The first-order valence-corrected chi connectivity index (χ1v) is 8.22. The molecule has 0 aromatic rings. The van der Waals surface area contributed by atoms with Crippen LogP contribution in [0.5, 0.6) is 0 Å². The first-order chi connectivity index (χ1) is 7.68. The third-order valence-electron chi connectivity index (χ3n) is 2.91. The summed E-state index contributed by atoms with van der Waals surface area (Å²) < 4.78 is 0.329. The first-order valence-electron chi connectivity index (χ1n) is 6.25. The van der Waals surface area contributed by atoms with E-state index in [4.69, 9.17) is 5.11 Å². The van der Waals surface area contributed by atoms with Crippen LogP contribution in [-0.4, -0.2) is 38.5 Å². The molecule has 1 saturated heterocycles. The monoisotopic (exact) mass is 264 g/mol. The fourth-order valence-electron chi connectivity index (χ4n) is 2.05. The van der Waals surface area contributed by atoms with Crippen molar-refractivity contribution in [2.45, 2.75) is 55.6 Å². The second kappa shape index (κ2) is 7.85. The Morgan fingerprint density at radius 3 is 2.38 bits per heavy atom. The van der Waals surface area contributed by atoms with E-state index in [-0.39, 0.29) is 6.10 Å². The van der Waals surface area contributed by atoms with Gasteiger partial charge in [-0.15, -0.1) is 23.5 Å². The van der Waals surface area contributed by atoms with Gasteiger partial charge in [-0.25, -0.2) is 0 Å². The summed E-state index contributed by atoms with van der Waals surface area (Å²) >= 11 is 4.14. The van der Waals surface area contributed by atoms with E-state index >= 15 is 0 Å². The molecule has 0 spiro atoms. The average molecular weight is 264 g/mol. The van der Waals surface area contributed by atoms with Crippen molar-refractivity contribution in [3.05, 3.63) is 0 Å². The first kappa shape index (κ1) is 14.7. The number of hydrogen-bond acceptors (Lipinski definition) is 4. The van der Waals surface area contributed by atoms with E-state index in [2.05, 4.69) is 23.5 Å². The third-order valence-corrected chi connectivity index (χ3v) is 6.48. The molecule has 0 aromatic carbocycles. The van der Waals surface area contributed by atoms with Gasteiger partial charge in [0, 0.05) is 6.61 Å². The molecular formula is C12H24O2S2. The van der Waals surface area contributed by atoms with Gasteiger partial charge in [0.05, 0.1) is 10.2 Å². The van der Waals surface area contributed by atoms with Crippen molar-refractivity contribution in [2.24, 2.45) is 0 Å². The van der Waals surface area contributed by atoms with Gasteiger partial charge in [-0.3, -0.25) is 0 Å². The highest BCUT2D eigenvalue weighted by molar-refractivity contribution is 8.18. The van der Waals surface area contributed by atoms with Crippen LogP contribution in [-0.2, 0) is 0 Å². The van der Waals surface area contributed by atoms with E-state index in [0.29, 0.717) is 10.7 Å². The molecule has 96 valence electrons. The molecule has 1 heterocycles. The van der Waals surface area contributed by atoms with Crippen LogP contribution >= 0.6 is 23.5 Å². The summed E-state index contributed by atoms with van der Waals surface area (Å²) in [7, 11) is 0. The van der Waals surface area contributed by atoms with Gasteiger partial charge in [0.15, 0.2) is 0 Å². The van der Waals surface area contributed by atoms with Gasteiger partial charge in [0.2, 0.25) is 0 Å². The van der Waals surface area contributed by atoms with E-state index in [9.17, 15) is 5.11 Å². The minimum atomic E-state index is -0.173. The zero-order valence-corrected chi connectivity index (χ0v) is 11.8. The second-order valence-electron chi connectivity index (χ2n) is 4.53. The molecule has 0 bridgehead atoms. The van der Waals surface area contributed by atoms with Gasteiger partial charge in [-0.2, -0.15) is 0 Å². The van der Waals surface area contributed by atoms with Crippen molar-refractivity contribution in [3.63, 3.8) is 0 Å². The summed E-state index contributed by atoms with van der Waals surface area (Å²) in [6, 6.07) is 0. The zero-order chi connectivity index (χ0) is 11.9. The van der Waals surface area contributed by atoms with E-state index in [1.165, 1.54) is 24.3 Å². The lowest BCUT2D eigenvalue weighted by molar-refractivity contribution is 0.180. The van der Waals surface area contributed by atoms with Crippen LogP contribution in [0.2, 0.25) is 0 Å². The molecule has 2 nitrogen and oxygen atoms in total. The average Bonchev–Trinajstić information content (AvgIpc) is 2.27. The zero-order valence-electron chi connectivity index (χ0n) is 10.2. The molecule has 1 aliphatic heterocycles. The number of aliphatic hydroxyl groups excluding tert-OH is 2. The molecule has 16 heavy (non-hydrogen) atoms. The summed E-state index contributed by atoms with van der Waals surface area (Å²) in [5.41, 5.74) is 0. The van der Waals surface area contributed by atoms with E-state index in [1.807, 2.05) is 6.92 Å². The van der Waals surface area contributed by atoms with Crippen molar-refractivity contribution < 1.29 is 10.2 Å². The van der Waals surface area contributed by atoms with Crippen molar-refractivity contribution >= 4 is 23.5 Å². The van der Waals surface area contributed by atoms with Crippen LogP contribution < -0.4 is 0 Å². The SMILES string of the molecule is CC(O)CCCC1(CCCO)SCCCS1.